The largest absolute Gasteiger partial charge is 0.356 e. The molecule has 1 saturated heterocycles. The van der Waals surface area contributed by atoms with Crippen molar-refractivity contribution in [2.75, 3.05) is 31.6 Å². The van der Waals surface area contributed by atoms with E-state index in [1.54, 1.807) is 4.90 Å². The van der Waals surface area contributed by atoms with Crippen LogP contribution in [0.1, 0.15) is 61.8 Å². The van der Waals surface area contributed by atoms with E-state index in [2.05, 4.69) is 21.8 Å². The zero-order valence-electron chi connectivity index (χ0n) is 14.1. The zero-order chi connectivity index (χ0) is 15.9. The van der Waals surface area contributed by atoms with Gasteiger partial charge in [-0.2, -0.15) is 0 Å². The third-order valence-corrected chi connectivity index (χ3v) is 4.17. The fourth-order valence-electron chi connectivity index (χ4n) is 2.82. The highest BCUT2D eigenvalue weighted by Gasteiger charge is 2.18. The van der Waals surface area contributed by atoms with Crippen molar-refractivity contribution in [3.8, 4) is 0 Å². The SMILES string of the molecule is CCCCN(C)C(=O)c1cc(N2CCCCCC2)nc(C)n1. The number of aryl methyl sites for hydroxylation is 1. The molecule has 0 saturated carbocycles. The molecule has 1 amide bonds. The van der Waals surface area contributed by atoms with Crippen molar-refractivity contribution in [1.82, 2.24) is 14.9 Å². The van der Waals surface area contributed by atoms with Crippen LogP contribution < -0.4 is 4.90 Å². The van der Waals surface area contributed by atoms with Crippen LogP contribution in [0.15, 0.2) is 6.07 Å². The van der Waals surface area contributed by atoms with Gasteiger partial charge in [-0.3, -0.25) is 4.79 Å². The van der Waals surface area contributed by atoms with E-state index in [4.69, 9.17) is 0 Å². The molecule has 0 unspecified atom stereocenters. The van der Waals surface area contributed by atoms with Gasteiger partial charge in [0.15, 0.2) is 0 Å². The van der Waals surface area contributed by atoms with Crippen LogP contribution in [-0.4, -0.2) is 47.5 Å². The monoisotopic (exact) mass is 304 g/mol. The molecular weight excluding hydrogens is 276 g/mol. The Labute approximate surface area is 133 Å². The highest BCUT2D eigenvalue weighted by molar-refractivity contribution is 5.92. The van der Waals surface area contributed by atoms with Gasteiger partial charge in [0.05, 0.1) is 0 Å². The molecule has 0 atom stereocenters. The highest BCUT2D eigenvalue weighted by Crippen LogP contribution is 2.19. The van der Waals surface area contributed by atoms with Gasteiger partial charge < -0.3 is 9.80 Å². The van der Waals surface area contributed by atoms with Gasteiger partial charge in [0.25, 0.3) is 5.91 Å². The first kappa shape index (κ1) is 16.7. The molecule has 0 bridgehead atoms. The van der Waals surface area contributed by atoms with E-state index in [9.17, 15) is 4.79 Å². The number of anilines is 1. The van der Waals surface area contributed by atoms with Crippen LogP contribution in [0.4, 0.5) is 5.82 Å². The smallest absolute Gasteiger partial charge is 0.272 e. The van der Waals surface area contributed by atoms with Crippen molar-refractivity contribution in [2.45, 2.75) is 52.4 Å². The summed E-state index contributed by atoms with van der Waals surface area (Å²) in [7, 11) is 1.85. The van der Waals surface area contributed by atoms with Gasteiger partial charge in [0.1, 0.15) is 17.3 Å². The summed E-state index contributed by atoms with van der Waals surface area (Å²) in [6.45, 7) is 6.82. The third kappa shape index (κ3) is 4.42. The molecule has 2 rings (SSSR count). The lowest BCUT2D eigenvalue weighted by molar-refractivity contribution is 0.0787. The molecule has 5 heteroatoms. The average molecular weight is 304 g/mol. The lowest BCUT2D eigenvalue weighted by Crippen LogP contribution is -2.30. The summed E-state index contributed by atoms with van der Waals surface area (Å²) in [6.07, 6.45) is 7.06. The van der Waals surface area contributed by atoms with Gasteiger partial charge >= 0.3 is 0 Å². The summed E-state index contributed by atoms with van der Waals surface area (Å²) >= 11 is 0. The van der Waals surface area contributed by atoms with Crippen LogP contribution in [0.5, 0.6) is 0 Å². The molecule has 0 radical (unpaired) electrons. The standard InChI is InChI=1S/C17H28N4O/c1-4-5-10-20(3)17(22)15-13-16(19-14(2)18-15)21-11-8-6-7-9-12-21/h13H,4-12H2,1-3H3. The predicted molar refractivity (Wildman–Crippen MR) is 89.3 cm³/mol. The molecule has 5 nitrogen and oxygen atoms in total. The van der Waals surface area contributed by atoms with Crippen molar-refractivity contribution in [3.63, 3.8) is 0 Å². The Hall–Kier alpha value is -1.65. The van der Waals surface area contributed by atoms with Crippen molar-refractivity contribution in [1.29, 1.82) is 0 Å². The molecule has 0 aromatic carbocycles. The number of amides is 1. The molecule has 122 valence electrons. The first-order chi connectivity index (χ1) is 10.6. The molecule has 1 aliphatic rings. The first-order valence-corrected chi connectivity index (χ1v) is 8.48. The van der Waals surface area contributed by atoms with Crippen LogP contribution in [0.25, 0.3) is 0 Å². The molecule has 1 aromatic rings. The van der Waals surface area contributed by atoms with Gasteiger partial charge in [-0.15, -0.1) is 0 Å². The molecule has 2 heterocycles. The maximum absolute atomic E-state index is 12.5. The average Bonchev–Trinajstić information content (AvgIpc) is 2.80. The fourth-order valence-corrected chi connectivity index (χ4v) is 2.82. The Morgan fingerprint density at radius 2 is 1.91 bits per heavy atom. The molecule has 1 fully saturated rings. The van der Waals surface area contributed by atoms with Crippen molar-refractivity contribution in [2.24, 2.45) is 0 Å². The fraction of sp³-hybridized carbons (Fsp3) is 0.706. The van der Waals surface area contributed by atoms with Crippen LogP contribution >= 0.6 is 0 Å². The lowest BCUT2D eigenvalue weighted by Gasteiger charge is -2.23. The van der Waals surface area contributed by atoms with Gasteiger partial charge in [0.2, 0.25) is 0 Å². The minimum Gasteiger partial charge on any atom is -0.356 e. The highest BCUT2D eigenvalue weighted by atomic mass is 16.2. The Morgan fingerprint density at radius 3 is 2.55 bits per heavy atom. The van der Waals surface area contributed by atoms with E-state index < -0.39 is 0 Å². The molecule has 0 aliphatic carbocycles. The van der Waals surface area contributed by atoms with E-state index in [1.165, 1.54) is 25.7 Å². The normalized spacial score (nSPS) is 15.5. The molecule has 1 aromatic heterocycles. The van der Waals surface area contributed by atoms with Crippen LogP contribution in [0, 0.1) is 6.92 Å². The zero-order valence-corrected chi connectivity index (χ0v) is 14.1. The Morgan fingerprint density at radius 1 is 1.23 bits per heavy atom. The van der Waals surface area contributed by atoms with E-state index in [-0.39, 0.29) is 5.91 Å². The second-order valence-corrected chi connectivity index (χ2v) is 6.14. The summed E-state index contributed by atoms with van der Waals surface area (Å²) < 4.78 is 0. The quantitative estimate of drug-likeness (QED) is 0.839. The van der Waals surface area contributed by atoms with Gasteiger partial charge in [-0.05, 0) is 26.2 Å². The molecule has 1 aliphatic heterocycles. The number of carbonyl (C=O) groups excluding carboxylic acids is 1. The number of hydrogen-bond donors (Lipinski definition) is 0. The van der Waals surface area contributed by atoms with Gasteiger partial charge in [-0.25, -0.2) is 9.97 Å². The van der Waals surface area contributed by atoms with E-state index in [1.807, 2.05) is 20.0 Å². The minimum absolute atomic E-state index is 0.00461. The van der Waals surface area contributed by atoms with Gasteiger partial charge in [0, 0.05) is 32.7 Å². The predicted octanol–water partition coefficient (Wildman–Crippen LogP) is 3.04. The Bertz CT molecular complexity index is 495. The Balaban J connectivity index is 2.16. The second-order valence-electron chi connectivity index (χ2n) is 6.14. The summed E-state index contributed by atoms with van der Waals surface area (Å²) in [5, 5.41) is 0. The third-order valence-electron chi connectivity index (χ3n) is 4.17. The molecular formula is C17H28N4O. The summed E-state index contributed by atoms with van der Waals surface area (Å²) in [5.41, 5.74) is 0.519. The summed E-state index contributed by atoms with van der Waals surface area (Å²) in [4.78, 5) is 25.5. The molecule has 22 heavy (non-hydrogen) atoms. The summed E-state index contributed by atoms with van der Waals surface area (Å²) in [6, 6.07) is 1.86. The maximum atomic E-state index is 12.5. The number of unbranched alkanes of at least 4 members (excludes halogenated alkanes) is 1. The second kappa shape index (κ2) is 8.11. The minimum atomic E-state index is -0.00461. The Kier molecular flexibility index (Phi) is 6.16. The van der Waals surface area contributed by atoms with Crippen molar-refractivity contribution < 1.29 is 4.79 Å². The number of aromatic nitrogens is 2. The topological polar surface area (TPSA) is 49.3 Å². The van der Waals surface area contributed by atoms with E-state index in [0.717, 1.165) is 38.3 Å². The number of nitrogens with zero attached hydrogens (tertiary/aromatic N) is 4. The van der Waals surface area contributed by atoms with Crippen molar-refractivity contribution in [3.05, 3.63) is 17.6 Å². The van der Waals surface area contributed by atoms with Crippen LogP contribution in [-0.2, 0) is 0 Å². The molecule has 0 N–H and O–H groups in total. The molecule has 0 spiro atoms. The van der Waals surface area contributed by atoms with Crippen molar-refractivity contribution >= 4 is 11.7 Å². The number of hydrogen-bond acceptors (Lipinski definition) is 4. The van der Waals surface area contributed by atoms with Gasteiger partial charge in [-0.1, -0.05) is 26.2 Å². The number of carbonyl (C=O) groups is 1. The number of rotatable bonds is 5. The lowest BCUT2D eigenvalue weighted by atomic mass is 10.2. The van der Waals surface area contributed by atoms with Crippen LogP contribution in [0.2, 0.25) is 0 Å². The maximum Gasteiger partial charge on any atom is 0.272 e. The summed E-state index contributed by atoms with van der Waals surface area (Å²) in [5.74, 6) is 1.57. The van der Waals surface area contributed by atoms with E-state index in [0.29, 0.717) is 11.5 Å². The first-order valence-electron chi connectivity index (χ1n) is 8.48. The van der Waals surface area contributed by atoms with E-state index >= 15 is 0 Å². The van der Waals surface area contributed by atoms with Crippen LogP contribution in [0.3, 0.4) is 0 Å².